The van der Waals surface area contributed by atoms with Crippen LogP contribution in [0.3, 0.4) is 0 Å². The normalized spacial score (nSPS) is 16.9. The summed E-state index contributed by atoms with van der Waals surface area (Å²) in [5.74, 6) is 0.416. The highest BCUT2D eigenvalue weighted by atomic mass is 16.1. The van der Waals surface area contributed by atoms with Crippen molar-refractivity contribution in [1.82, 2.24) is 0 Å². The Morgan fingerprint density at radius 1 is 1.60 bits per heavy atom. The van der Waals surface area contributed by atoms with Gasteiger partial charge in [0.1, 0.15) is 6.29 Å². The van der Waals surface area contributed by atoms with Crippen molar-refractivity contribution in [1.29, 1.82) is 0 Å². The SMILES string of the molecule is CC(C)CC(N)(C=O)CN. The molecule has 0 aromatic carbocycles. The average molecular weight is 144 g/mol. The molecule has 1 unspecified atom stereocenters. The van der Waals surface area contributed by atoms with E-state index in [1.54, 1.807) is 0 Å². The highest BCUT2D eigenvalue weighted by Gasteiger charge is 2.22. The van der Waals surface area contributed by atoms with E-state index in [4.69, 9.17) is 11.5 Å². The molecule has 0 aromatic rings. The molecule has 0 amide bonds. The zero-order valence-electron chi connectivity index (χ0n) is 6.63. The molecule has 0 radical (unpaired) electrons. The van der Waals surface area contributed by atoms with E-state index in [9.17, 15) is 4.79 Å². The lowest BCUT2D eigenvalue weighted by Crippen LogP contribution is -2.49. The van der Waals surface area contributed by atoms with Crippen LogP contribution in [-0.2, 0) is 4.79 Å². The molecule has 0 aliphatic rings. The Morgan fingerprint density at radius 3 is 2.20 bits per heavy atom. The van der Waals surface area contributed by atoms with Gasteiger partial charge in [0, 0.05) is 6.54 Å². The fourth-order valence-electron chi connectivity index (χ4n) is 0.940. The predicted octanol–water partition coefficient (Wildman–Crippen LogP) is -0.112. The van der Waals surface area contributed by atoms with Gasteiger partial charge in [-0.3, -0.25) is 0 Å². The molecule has 4 N–H and O–H groups in total. The third kappa shape index (κ3) is 2.94. The van der Waals surface area contributed by atoms with Crippen LogP contribution in [0.2, 0.25) is 0 Å². The van der Waals surface area contributed by atoms with E-state index in [-0.39, 0.29) is 6.54 Å². The first-order chi connectivity index (χ1) is 4.54. The molecular formula is C7H16N2O. The number of hydrogen-bond acceptors (Lipinski definition) is 3. The summed E-state index contributed by atoms with van der Waals surface area (Å²) >= 11 is 0. The molecule has 1 atom stereocenters. The molecule has 0 bridgehead atoms. The summed E-state index contributed by atoms with van der Waals surface area (Å²) < 4.78 is 0. The van der Waals surface area contributed by atoms with Crippen molar-refractivity contribution in [3.05, 3.63) is 0 Å². The van der Waals surface area contributed by atoms with Gasteiger partial charge < -0.3 is 16.3 Å². The molecular weight excluding hydrogens is 128 g/mol. The van der Waals surface area contributed by atoms with E-state index in [0.29, 0.717) is 12.3 Å². The number of rotatable bonds is 4. The van der Waals surface area contributed by atoms with Crippen molar-refractivity contribution in [3.63, 3.8) is 0 Å². The Bertz CT molecular complexity index is 114. The molecule has 3 heteroatoms. The summed E-state index contributed by atoms with van der Waals surface area (Å²) in [5, 5.41) is 0. The molecule has 0 heterocycles. The van der Waals surface area contributed by atoms with Crippen LogP contribution in [0.1, 0.15) is 20.3 Å². The van der Waals surface area contributed by atoms with Gasteiger partial charge in [-0.05, 0) is 12.3 Å². The van der Waals surface area contributed by atoms with Gasteiger partial charge in [-0.2, -0.15) is 0 Å². The first kappa shape index (κ1) is 9.59. The van der Waals surface area contributed by atoms with Crippen LogP contribution in [0.25, 0.3) is 0 Å². The van der Waals surface area contributed by atoms with Crippen molar-refractivity contribution < 1.29 is 4.79 Å². The lowest BCUT2D eigenvalue weighted by molar-refractivity contribution is -0.112. The quantitative estimate of drug-likeness (QED) is 0.541. The smallest absolute Gasteiger partial charge is 0.141 e. The molecule has 60 valence electrons. The van der Waals surface area contributed by atoms with Gasteiger partial charge in [-0.1, -0.05) is 13.8 Å². The Balaban J connectivity index is 3.92. The van der Waals surface area contributed by atoms with Gasteiger partial charge in [-0.25, -0.2) is 0 Å². The second-order valence-corrected chi connectivity index (χ2v) is 3.15. The predicted molar refractivity (Wildman–Crippen MR) is 41.5 cm³/mol. The minimum Gasteiger partial charge on any atom is -0.328 e. The van der Waals surface area contributed by atoms with Crippen LogP contribution in [0.4, 0.5) is 0 Å². The third-order valence-corrected chi connectivity index (χ3v) is 1.40. The molecule has 0 spiro atoms. The first-order valence-corrected chi connectivity index (χ1v) is 3.49. The van der Waals surface area contributed by atoms with Crippen molar-refractivity contribution >= 4 is 6.29 Å². The van der Waals surface area contributed by atoms with E-state index < -0.39 is 5.54 Å². The maximum atomic E-state index is 10.4. The van der Waals surface area contributed by atoms with Crippen LogP contribution in [0.5, 0.6) is 0 Å². The number of carbonyl (C=O) groups is 1. The van der Waals surface area contributed by atoms with Gasteiger partial charge in [0.05, 0.1) is 5.54 Å². The van der Waals surface area contributed by atoms with Crippen LogP contribution < -0.4 is 11.5 Å². The van der Waals surface area contributed by atoms with Gasteiger partial charge in [0.15, 0.2) is 0 Å². The summed E-state index contributed by atoms with van der Waals surface area (Å²) in [4.78, 5) is 10.4. The standard InChI is InChI=1S/C7H16N2O/c1-6(2)3-7(9,4-8)5-10/h5-6H,3-4,8-9H2,1-2H3. The molecule has 10 heavy (non-hydrogen) atoms. The number of aldehydes is 1. The van der Waals surface area contributed by atoms with Crippen LogP contribution in [0.15, 0.2) is 0 Å². The topological polar surface area (TPSA) is 69.1 Å². The minimum atomic E-state index is -0.797. The van der Waals surface area contributed by atoms with Crippen LogP contribution in [0, 0.1) is 5.92 Å². The fraction of sp³-hybridized carbons (Fsp3) is 0.857. The van der Waals surface area contributed by atoms with Crippen molar-refractivity contribution in [2.45, 2.75) is 25.8 Å². The second-order valence-electron chi connectivity index (χ2n) is 3.15. The summed E-state index contributed by atoms with van der Waals surface area (Å²) in [7, 11) is 0. The minimum absolute atomic E-state index is 0.231. The maximum Gasteiger partial charge on any atom is 0.141 e. The Labute approximate surface area is 61.8 Å². The monoisotopic (exact) mass is 144 g/mol. The number of nitrogens with two attached hydrogens (primary N) is 2. The molecule has 3 nitrogen and oxygen atoms in total. The van der Waals surface area contributed by atoms with E-state index >= 15 is 0 Å². The number of carbonyl (C=O) groups excluding carboxylic acids is 1. The molecule has 0 aromatic heterocycles. The van der Waals surface area contributed by atoms with E-state index in [1.165, 1.54) is 0 Å². The zero-order valence-corrected chi connectivity index (χ0v) is 6.63. The second kappa shape index (κ2) is 3.68. The lowest BCUT2D eigenvalue weighted by atomic mass is 9.91. The van der Waals surface area contributed by atoms with Gasteiger partial charge in [0.25, 0.3) is 0 Å². The number of hydrogen-bond donors (Lipinski definition) is 2. The van der Waals surface area contributed by atoms with Crippen molar-refractivity contribution in [3.8, 4) is 0 Å². The molecule has 0 saturated heterocycles. The molecule has 0 saturated carbocycles. The van der Waals surface area contributed by atoms with E-state index in [1.807, 2.05) is 13.8 Å². The fourth-order valence-corrected chi connectivity index (χ4v) is 0.940. The largest absolute Gasteiger partial charge is 0.328 e. The summed E-state index contributed by atoms with van der Waals surface area (Å²) in [5.41, 5.74) is 10.1. The Kier molecular flexibility index (Phi) is 3.53. The maximum absolute atomic E-state index is 10.4. The molecule has 0 fully saturated rings. The van der Waals surface area contributed by atoms with Crippen molar-refractivity contribution in [2.24, 2.45) is 17.4 Å². The van der Waals surface area contributed by atoms with Crippen molar-refractivity contribution in [2.75, 3.05) is 6.54 Å². The molecule has 0 rings (SSSR count). The summed E-state index contributed by atoms with van der Waals surface area (Å²) in [6.45, 7) is 4.26. The lowest BCUT2D eigenvalue weighted by Gasteiger charge is -2.22. The summed E-state index contributed by atoms with van der Waals surface area (Å²) in [6, 6.07) is 0. The zero-order chi connectivity index (χ0) is 8.20. The van der Waals surface area contributed by atoms with Gasteiger partial charge in [0.2, 0.25) is 0 Å². The van der Waals surface area contributed by atoms with E-state index in [0.717, 1.165) is 6.29 Å². The van der Waals surface area contributed by atoms with Gasteiger partial charge in [-0.15, -0.1) is 0 Å². The average Bonchev–Trinajstić information content (AvgIpc) is 1.87. The first-order valence-electron chi connectivity index (χ1n) is 3.49. The van der Waals surface area contributed by atoms with Crippen LogP contribution in [-0.4, -0.2) is 18.4 Å². The Hall–Kier alpha value is -0.410. The highest BCUT2D eigenvalue weighted by Crippen LogP contribution is 2.09. The van der Waals surface area contributed by atoms with Gasteiger partial charge >= 0.3 is 0 Å². The van der Waals surface area contributed by atoms with Crippen LogP contribution >= 0.6 is 0 Å². The molecule has 0 aliphatic carbocycles. The third-order valence-electron chi connectivity index (χ3n) is 1.40. The highest BCUT2D eigenvalue weighted by molar-refractivity contribution is 5.64. The van der Waals surface area contributed by atoms with E-state index in [2.05, 4.69) is 0 Å². The Morgan fingerprint density at radius 2 is 2.10 bits per heavy atom. The summed E-state index contributed by atoms with van der Waals surface area (Å²) in [6.07, 6.45) is 1.40. The molecule has 0 aliphatic heterocycles.